The van der Waals surface area contributed by atoms with E-state index in [1.807, 2.05) is 13.0 Å². The van der Waals surface area contributed by atoms with Crippen LogP contribution in [0.25, 0.3) is 0 Å². The summed E-state index contributed by atoms with van der Waals surface area (Å²) < 4.78 is 17.3. The van der Waals surface area contributed by atoms with Gasteiger partial charge in [-0.3, -0.25) is 24.6 Å². The third-order valence-electron chi connectivity index (χ3n) is 11.8. The number of carbonyl (C=O) groups is 4. The van der Waals surface area contributed by atoms with Crippen LogP contribution in [-0.2, 0) is 24.6 Å². The molecule has 4 aromatic carbocycles. The number of hydrogen-bond acceptors (Lipinski definition) is 9. The first-order valence-corrected chi connectivity index (χ1v) is 19.0. The molecule has 0 bridgehead atoms. The molecule has 2 aliphatic carbocycles. The molecule has 2 heterocycles. The van der Waals surface area contributed by atoms with Gasteiger partial charge in [0.15, 0.2) is 0 Å². The second kappa shape index (κ2) is 14.1. The Bertz CT molecular complexity index is 2340. The van der Waals surface area contributed by atoms with Crippen molar-refractivity contribution in [3.8, 4) is 23.0 Å². The van der Waals surface area contributed by atoms with Gasteiger partial charge in [0, 0.05) is 33.7 Å². The SMILES string of the molecule is COc1ccc(C23C(=O)N(Nc4ccc(Cl)cc4Cl)C(=O)C2CC2C(=CCC4C(=O)N(c5ccc(C)c(Cl)c5)C(=O)C42)C3c2c(OC)cc(O)cc2OC)cc1. The summed E-state index contributed by atoms with van der Waals surface area (Å²) in [4.78, 5) is 60.8. The molecule has 4 aromatic rings. The minimum atomic E-state index is -1.68. The molecule has 3 fully saturated rings. The molecule has 11 nitrogen and oxygen atoms in total. The average molecular weight is 817 g/mol. The largest absolute Gasteiger partial charge is 0.508 e. The molecule has 4 amide bonds. The molecule has 0 spiro atoms. The summed E-state index contributed by atoms with van der Waals surface area (Å²) >= 11 is 19.2. The number of anilines is 2. The molecule has 2 N–H and O–H groups in total. The summed E-state index contributed by atoms with van der Waals surface area (Å²) in [5.41, 5.74) is 4.25. The molecule has 288 valence electrons. The van der Waals surface area contributed by atoms with E-state index in [2.05, 4.69) is 5.43 Å². The number of benzene rings is 4. The van der Waals surface area contributed by atoms with Crippen molar-refractivity contribution in [2.45, 2.75) is 31.1 Å². The molecular formula is C42H36Cl3N3O8. The molecule has 4 aliphatic rings. The number of aromatic hydroxyl groups is 1. The van der Waals surface area contributed by atoms with E-state index >= 15 is 9.59 Å². The molecule has 2 aliphatic heterocycles. The van der Waals surface area contributed by atoms with Crippen molar-refractivity contribution in [1.82, 2.24) is 5.01 Å². The Balaban J connectivity index is 1.38. The van der Waals surface area contributed by atoms with E-state index in [0.29, 0.717) is 38.2 Å². The zero-order chi connectivity index (χ0) is 39.8. The van der Waals surface area contributed by atoms with Gasteiger partial charge < -0.3 is 19.3 Å². The van der Waals surface area contributed by atoms with Gasteiger partial charge in [-0.25, -0.2) is 4.90 Å². The second-order valence-corrected chi connectivity index (χ2v) is 15.7. The fraction of sp³-hybridized carbons (Fsp3) is 0.286. The highest BCUT2D eigenvalue weighted by Gasteiger charge is 2.71. The van der Waals surface area contributed by atoms with Crippen LogP contribution in [-0.4, -0.2) is 55.1 Å². The number of rotatable bonds is 8. The summed E-state index contributed by atoms with van der Waals surface area (Å²) in [5.74, 6) is -5.59. The van der Waals surface area contributed by atoms with Gasteiger partial charge in [0.2, 0.25) is 11.8 Å². The van der Waals surface area contributed by atoms with Crippen LogP contribution in [0.2, 0.25) is 15.1 Å². The lowest BCUT2D eigenvalue weighted by Gasteiger charge is -2.51. The van der Waals surface area contributed by atoms with Crippen LogP contribution in [0.15, 0.2) is 84.4 Å². The number of halogens is 3. The maximum absolute atomic E-state index is 15.6. The normalized spacial score (nSPS) is 25.4. The number of ether oxygens (including phenoxy) is 3. The van der Waals surface area contributed by atoms with Crippen molar-refractivity contribution in [3.63, 3.8) is 0 Å². The van der Waals surface area contributed by atoms with Crippen LogP contribution in [0.5, 0.6) is 23.0 Å². The van der Waals surface area contributed by atoms with Gasteiger partial charge in [-0.2, -0.15) is 5.01 Å². The lowest BCUT2D eigenvalue weighted by molar-refractivity contribution is -0.138. The number of imide groups is 2. The zero-order valence-corrected chi connectivity index (χ0v) is 32.9. The predicted octanol–water partition coefficient (Wildman–Crippen LogP) is 7.88. The number of allylic oxidation sites excluding steroid dienone is 2. The van der Waals surface area contributed by atoms with Crippen LogP contribution in [0.1, 0.15) is 35.4 Å². The number of phenolic OH excluding ortho intramolecular Hbond substituents is 1. The number of methoxy groups -OCH3 is 3. The number of hydrogen-bond donors (Lipinski definition) is 2. The topological polar surface area (TPSA) is 135 Å². The molecule has 6 atom stereocenters. The van der Waals surface area contributed by atoms with Gasteiger partial charge in [0.25, 0.3) is 11.8 Å². The number of aryl methyl sites for hydroxylation is 1. The number of nitrogens with zero attached hydrogens (tertiary/aromatic N) is 2. The Kier molecular flexibility index (Phi) is 9.46. The maximum atomic E-state index is 15.6. The van der Waals surface area contributed by atoms with Crippen LogP contribution in [0.4, 0.5) is 11.4 Å². The molecule has 1 saturated carbocycles. The van der Waals surface area contributed by atoms with E-state index in [-0.39, 0.29) is 46.7 Å². The van der Waals surface area contributed by atoms with Crippen molar-refractivity contribution in [1.29, 1.82) is 0 Å². The lowest BCUT2D eigenvalue weighted by atomic mass is 9.49. The minimum absolute atomic E-state index is 0.0386. The lowest BCUT2D eigenvalue weighted by Crippen LogP contribution is -2.53. The van der Waals surface area contributed by atoms with Crippen molar-refractivity contribution in [3.05, 3.63) is 116 Å². The van der Waals surface area contributed by atoms with E-state index in [1.54, 1.807) is 54.6 Å². The first-order chi connectivity index (χ1) is 26.8. The van der Waals surface area contributed by atoms with Crippen molar-refractivity contribution >= 4 is 69.8 Å². The van der Waals surface area contributed by atoms with Gasteiger partial charge in [-0.1, -0.05) is 64.7 Å². The standard InChI is InChI=1S/C42H36Cl3N3O8/c1-20-5-9-23(16-30(20)44)47-38(50)27-13-12-26-28(35(27)40(47)52)19-29-39(51)48(46-32-14-8-22(43)15-31(32)45)41(53)42(29,21-6-10-25(54-2)11-7-21)37(26)36-33(55-3)17-24(49)18-34(36)56-4/h5-12,14-18,27-29,35,37,46,49H,13,19H2,1-4H3. The van der Waals surface area contributed by atoms with Crippen molar-refractivity contribution < 1.29 is 38.5 Å². The number of fused-ring (bicyclic) bond motifs is 4. The molecule has 2 saturated heterocycles. The van der Waals surface area contributed by atoms with E-state index in [0.717, 1.165) is 10.6 Å². The van der Waals surface area contributed by atoms with Crippen LogP contribution >= 0.6 is 34.8 Å². The molecule has 0 radical (unpaired) electrons. The van der Waals surface area contributed by atoms with Crippen molar-refractivity contribution in [2.75, 3.05) is 31.7 Å². The Morgan fingerprint density at radius 3 is 2.11 bits per heavy atom. The molecule has 14 heteroatoms. The number of amides is 4. The first kappa shape index (κ1) is 37.7. The number of carbonyl (C=O) groups excluding carboxylic acids is 4. The van der Waals surface area contributed by atoms with E-state index in [4.69, 9.17) is 49.0 Å². The van der Waals surface area contributed by atoms with Crippen molar-refractivity contribution in [2.24, 2.45) is 23.7 Å². The van der Waals surface area contributed by atoms with Gasteiger partial charge >= 0.3 is 0 Å². The molecule has 8 rings (SSSR count). The average Bonchev–Trinajstić information content (AvgIpc) is 3.57. The summed E-state index contributed by atoms with van der Waals surface area (Å²) in [6, 6.07) is 19.5. The highest BCUT2D eigenvalue weighted by atomic mass is 35.5. The van der Waals surface area contributed by atoms with E-state index < -0.39 is 52.7 Å². The van der Waals surface area contributed by atoms with E-state index in [1.165, 1.54) is 44.4 Å². The summed E-state index contributed by atoms with van der Waals surface area (Å²) in [6.07, 6.45) is 2.14. The van der Waals surface area contributed by atoms with Gasteiger partial charge in [0.05, 0.1) is 60.9 Å². The summed E-state index contributed by atoms with van der Waals surface area (Å²) in [5, 5.41) is 12.7. The fourth-order valence-corrected chi connectivity index (χ4v) is 9.97. The third-order valence-corrected chi connectivity index (χ3v) is 12.8. The van der Waals surface area contributed by atoms with Crippen LogP contribution < -0.4 is 24.5 Å². The maximum Gasteiger partial charge on any atom is 0.260 e. The Labute approximate surface area is 337 Å². The van der Waals surface area contributed by atoms with E-state index in [9.17, 15) is 14.7 Å². The zero-order valence-electron chi connectivity index (χ0n) is 30.6. The Hall–Kier alpha value is -5.23. The predicted molar refractivity (Wildman–Crippen MR) is 211 cm³/mol. The highest BCUT2D eigenvalue weighted by molar-refractivity contribution is 6.36. The third kappa shape index (κ3) is 5.54. The molecule has 0 aromatic heterocycles. The minimum Gasteiger partial charge on any atom is -0.508 e. The Morgan fingerprint density at radius 1 is 0.786 bits per heavy atom. The van der Waals surface area contributed by atoms with Gasteiger partial charge in [-0.05, 0) is 79.3 Å². The van der Waals surface area contributed by atoms with Crippen LogP contribution in [0.3, 0.4) is 0 Å². The smallest absolute Gasteiger partial charge is 0.260 e. The molecular weight excluding hydrogens is 781 g/mol. The van der Waals surface area contributed by atoms with Gasteiger partial charge in [-0.15, -0.1) is 0 Å². The quantitative estimate of drug-likeness (QED) is 0.135. The highest BCUT2D eigenvalue weighted by Crippen LogP contribution is 2.66. The monoisotopic (exact) mass is 815 g/mol. The summed E-state index contributed by atoms with van der Waals surface area (Å²) in [7, 11) is 4.39. The number of phenols is 1. The molecule has 6 unspecified atom stereocenters. The fourth-order valence-electron chi connectivity index (χ4n) is 9.34. The summed E-state index contributed by atoms with van der Waals surface area (Å²) in [6.45, 7) is 1.83. The van der Waals surface area contributed by atoms with Gasteiger partial charge in [0.1, 0.15) is 23.0 Å². The first-order valence-electron chi connectivity index (χ1n) is 17.9. The molecule has 56 heavy (non-hydrogen) atoms. The number of nitrogens with one attached hydrogen (secondary N) is 1. The number of hydrazine groups is 1. The second-order valence-electron chi connectivity index (χ2n) is 14.4. The van der Waals surface area contributed by atoms with Crippen LogP contribution in [0, 0.1) is 30.6 Å². The Morgan fingerprint density at radius 2 is 1.48 bits per heavy atom.